The molecule has 0 spiro atoms. The van der Waals surface area contributed by atoms with E-state index in [1.807, 2.05) is 0 Å². The average Bonchev–Trinajstić information content (AvgIpc) is 3.25. The van der Waals surface area contributed by atoms with E-state index in [4.69, 9.17) is 0 Å². The number of nitrogens with one attached hydrogen (secondary N) is 2. The molecular formula is C16H16BrF3N8O2. The molecular weight excluding hydrogens is 473 g/mol. The Labute approximate surface area is 176 Å². The van der Waals surface area contributed by atoms with Gasteiger partial charge in [0, 0.05) is 21.1 Å². The standard InChI is InChI=1S/C16H16BrF3N8O2/c1-7-8(5-21-26(7)2)23-14(29)11-9(6-22-27(11)3)24-15(30)12-10(17)13(16(18,19)20)25-28(12)4/h5-6H,1-4H3,(H,23,29)(H,24,30). The van der Waals surface area contributed by atoms with Crippen molar-refractivity contribution in [2.45, 2.75) is 13.1 Å². The fourth-order valence-electron chi connectivity index (χ4n) is 2.71. The van der Waals surface area contributed by atoms with Crippen molar-refractivity contribution in [3.63, 3.8) is 0 Å². The maximum atomic E-state index is 13.0. The molecule has 0 unspecified atom stereocenters. The lowest BCUT2D eigenvalue weighted by molar-refractivity contribution is -0.142. The molecule has 2 amide bonds. The lowest BCUT2D eigenvalue weighted by Gasteiger charge is -2.09. The molecule has 30 heavy (non-hydrogen) atoms. The van der Waals surface area contributed by atoms with Gasteiger partial charge < -0.3 is 10.6 Å². The summed E-state index contributed by atoms with van der Waals surface area (Å²) in [7, 11) is 4.40. The minimum Gasteiger partial charge on any atom is -0.318 e. The summed E-state index contributed by atoms with van der Waals surface area (Å²) in [6.07, 6.45) is -2.05. The highest BCUT2D eigenvalue weighted by Crippen LogP contribution is 2.35. The molecule has 3 rings (SSSR count). The normalized spacial score (nSPS) is 11.6. The van der Waals surface area contributed by atoms with Gasteiger partial charge in [0.1, 0.15) is 11.4 Å². The van der Waals surface area contributed by atoms with Crippen LogP contribution in [0, 0.1) is 6.92 Å². The minimum atomic E-state index is -4.74. The first-order valence-corrected chi connectivity index (χ1v) is 9.14. The Hall–Kier alpha value is -3.16. The van der Waals surface area contributed by atoms with Gasteiger partial charge in [-0.15, -0.1) is 0 Å². The monoisotopic (exact) mass is 488 g/mol. The fourth-order valence-corrected chi connectivity index (χ4v) is 3.45. The van der Waals surface area contributed by atoms with Crippen molar-refractivity contribution in [1.29, 1.82) is 0 Å². The maximum Gasteiger partial charge on any atom is 0.436 e. The minimum absolute atomic E-state index is 0.000869. The first-order valence-electron chi connectivity index (χ1n) is 8.34. The first-order chi connectivity index (χ1) is 13.9. The van der Waals surface area contributed by atoms with Gasteiger partial charge in [-0.1, -0.05) is 0 Å². The van der Waals surface area contributed by atoms with Crippen molar-refractivity contribution in [2.75, 3.05) is 10.6 Å². The van der Waals surface area contributed by atoms with Gasteiger partial charge in [-0.3, -0.25) is 23.6 Å². The highest BCUT2D eigenvalue weighted by Gasteiger charge is 2.39. The Kier molecular flexibility index (Phi) is 5.45. The molecule has 3 aromatic rings. The number of hydrogen-bond donors (Lipinski definition) is 2. The molecule has 3 aromatic heterocycles. The zero-order valence-electron chi connectivity index (χ0n) is 16.2. The molecule has 0 radical (unpaired) electrons. The molecule has 0 aliphatic heterocycles. The van der Waals surface area contributed by atoms with Crippen LogP contribution in [-0.4, -0.2) is 41.2 Å². The van der Waals surface area contributed by atoms with Crippen LogP contribution in [0.5, 0.6) is 0 Å². The van der Waals surface area contributed by atoms with Gasteiger partial charge in [-0.25, -0.2) is 0 Å². The number of carbonyl (C=O) groups is 2. The lowest BCUT2D eigenvalue weighted by Crippen LogP contribution is -2.21. The fraction of sp³-hybridized carbons (Fsp3) is 0.312. The predicted octanol–water partition coefficient (Wildman–Crippen LogP) is 2.48. The van der Waals surface area contributed by atoms with Gasteiger partial charge in [0.05, 0.1) is 33.9 Å². The predicted molar refractivity (Wildman–Crippen MR) is 103 cm³/mol. The van der Waals surface area contributed by atoms with Crippen LogP contribution in [0.3, 0.4) is 0 Å². The SMILES string of the molecule is Cc1c(NC(=O)c2c(NC(=O)c3c(Br)c(C(F)(F)F)nn3C)cnn2C)cnn1C. The molecule has 0 bridgehead atoms. The van der Waals surface area contributed by atoms with Crippen LogP contribution < -0.4 is 10.6 Å². The number of nitrogens with zero attached hydrogens (tertiary/aromatic N) is 6. The highest BCUT2D eigenvalue weighted by molar-refractivity contribution is 9.10. The van der Waals surface area contributed by atoms with Crippen LogP contribution in [0.25, 0.3) is 0 Å². The van der Waals surface area contributed by atoms with Gasteiger partial charge in [0.15, 0.2) is 5.69 Å². The number of aromatic nitrogens is 6. The van der Waals surface area contributed by atoms with Gasteiger partial charge >= 0.3 is 6.18 Å². The van der Waals surface area contributed by atoms with Crippen LogP contribution >= 0.6 is 15.9 Å². The number of hydrogen-bond acceptors (Lipinski definition) is 5. The molecule has 0 aliphatic rings. The molecule has 3 heterocycles. The molecule has 14 heteroatoms. The van der Waals surface area contributed by atoms with Crippen molar-refractivity contribution in [2.24, 2.45) is 21.1 Å². The quantitative estimate of drug-likeness (QED) is 0.585. The van der Waals surface area contributed by atoms with Gasteiger partial charge in [0.2, 0.25) is 0 Å². The van der Waals surface area contributed by atoms with Crippen LogP contribution in [0.2, 0.25) is 0 Å². The first kappa shape index (κ1) is 21.5. The van der Waals surface area contributed by atoms with Crippen molar-refractivity contribution in [3.05, 3.63) is 39.6 Å². The molecule has 2 N–H and O–H groups in total. The Morgan fingerprint density at radius 1 is 0.933 bits per heavy atom. The molecule has 0 atom stereocenters. The Morgan fingerprint density at radius 2 is 1.47 bits per heavy atom. The van der Waals surface area contributed by atoms with Crippen LogP contribution in [-0.2, 0) is 27.3 Å². The second kappa shape index (κ2) is 7.59. The van der Waals surface area contributed by atoms with E-state index in [2.05, 4.69) is 41.9 Å². The average molecular weight is 489 g/mol. The van der Waals surface area contributed by atoms with E-state index >= 15 is 0 Å². The second-order valence-electron chi connectivity index (χ2n) is 6.34. The molecule has 10 nitrogen and oxygen atoms in total. The Bertz CT molecular complexity index is 1140. The van der Waals surface area contributed by atoms with Gasteiger partial charge in [0.25, 0.3) is 11.8 Å². The van der Waals surface area contributed by atoms with E-state index in [1.165, 1.54) is 31.2 Å². The third kappa shape index (κ3) is 3.81. The van der Waals surface area contributed by atoms with E-state index in [9.17, 15) is 22.8 Å². The van der Waals surface area contributed by atoms with E-state index in [-0.39, 0.29) is 17.1 Å². The number of rotatable bonds is 4. The number of anilines is 2. The summed E-state index contributed by atoms with van der Waals surface area (Å²) in [5, 5.41) is 16.4. The Morgan fingerprint density at radius 3 is 2.00 bits per heavy atom. The summed E-state index contributed by atoms with van der Waals surface area (Å²) < 4.78 is 42.2. The third-order valence-electron chi connectivity index (χ3n) is 4.36. The summed E-state index contributed by atoms with van der Waals surface area (Å²) in [6.45, 7) is 1.76. The van der Waals surface area contributed by atoms with E-state index < -0.39 is 28.2 Å². The topological polar surface area (TPSA) is 112 Å². The van der Waals surface area contributed by atoms with E-state index in [1.54, 1.807) is 18.7 Å². The summed E-state index contributed by atoms with van der Waals surface area (Å²) in [4.78, 5) is 25.4. The van der Waals surface area contributed by atoms with Gasteiger partial charge in [-0.2, -0.15) is 28.5 Å². The number of carbonyl (C=O) groups excluding carboxylic acids is 2. The summed E-state index contributed by atoms with van der Waals surface area (Å²) in [5.74, 6) is -1.48. The highest BCUT2D eigenvalue weighted by atomic mass is 79.9. The zero-order valence-corrected chi connectivity index (χ0v) is 17.8. The van der Waals surface area contributed by atoms with E-state index in [0.29, 0.717) is 11.4 Å². The Balaban J connectivity index is 1.89. The lowest BCUT2D eigenvalue weighted by atomic mass is 10.3. The van der Waals surface area contributed by atoms with Crippen LogP contribution in [0.1, 0.15) is 32.4 Å². The van der Waals surface area contributed by atoms with Crippen molar-refractivity contribution < 1.29 is 22.8 Å². The largest absolute Gasteiger partial charge is 0.436 e. The molecule has 0 aromatic carbocycles. The maximum absolute atomic E-state index is 13.0. The molecule has 0 fully saturated rings. The van der Waals surface area contributed by atoms with Crippen LogP contribution in [0.15, 0.2) is 16.9 Å². The number of aryl methyl sites for hydroxylation is 3. The smallest absolute Gasteiger partial charge is 0.318 e. The molecule has 0 saturated heterocycles. The zero-order chi connectivity index (χ0) is 22.4. The molecule has 160 valence electrons. The van der Waals surface area contributed by atoms with Crippen molar-refractivity contribution in [3.8, 4) is 0 Å². The third-order valence-corrected chi connectivity index (χ3v) is 5.11. The van der Waals surface area contributed by atoms with Gasteiger partial charge in [-0.05, 0) is 22.9 Å². The number of alkyl halides is 3. The van der Waals surface area contributed by atoms with Crippen molar-refractivity contribution in [1.82, 2.24) is 29.3 Å². The molecule has 0 saturated carbocycles. The molecule has 0 aliphatic carbocycles. The van der Waals surface area contributed by atoms with E-state index in [0.717, 1.165) is 4.68 Å². The number of amides is 2. The van der Waals surface area contributed by atoms with Crippen LogP contribution in [0.4, 0.5) is 24.5 Å². The summed E-state index contributed by atoms with van der Waals surface area (Å²) in [5.41, 5.74) is -0.407. The van der Waals surface area contributed by atoms with Crippen molar-refractivity contribution >= 4 is 39.1 Å². The summed E-state index contributed by atoms with van der Waals surface area (Å²) >= 11 is 2.79. The number of halogens is 4. The second-order valence-corrected chi connectivity index (χ2v) is 7.13. The summed E-state index contributed by atoms with van der Waals surface area (Å²) in [6, 6.07) is 0.